The molecule has 0 aromatic rings. The molecule has 0 aromatic carbocycles. The van der Waals surface area contributed by atoms with E-state index in [1.54, 1.807) is 0 Å². The van der Waals surface area contributed by atoms with E-state index in [1.165, 1.54) is 12.8 Å². The first-order chi connectivity index (χ1) is 3.92. The summed E-state index contributed by atoms with van der Waals surface area (Å²) in [7, 11) is 0. The number of alkyl halides is 3. The lowest BCUT2D eigenvalue weighted by molar-refractivity contribution is 0.181. The summed E-state index contributed by atoms with van der Waals surface area (Å²) >= 11 is 1.99. The minimum Gasteiger partial charge on any atom is -0.381 e. The summed E-state index contributed by atoms with van der Waals surface area (Å²) in [5, 5.41) is 8.39. The van der Waals surface area contributed by atoms with E-state index in [0.29, 0.717) is 0 Å². The second-order valence-electron chi connectivity index (χ2n) is 1.44. The summed E-state index contributed by atoms with van der Waals surface area (Å²) in [6.07, 6.45) is -1.01. The van der Waals surface area contributed by atoms with Crippen molar-refractivity contribution in [1.82, 2.24) is 0 Å². The third-order valence-electron chi connectivity index (χ3n) is 0.423. The minimum atomic E-state index is -3.18. The highest BCUT2D eigenvalue weighted by Gasteiger charge is 2.18. The van der Waals surface area contributed by atoms with Crippen LogP contribution < -0.4 is 0 Å². The summed E-state index contributed by atoms with van der Waals surface area (Å²) < 4.78 is 23.4. The zero-order chi connectivity index (χ0) is 7.49. The molecule has 0 saturated carbocycles. The molecule has 0 aliphatic rings. The molecule has 4 heteroatoms. The number of aliphatic hydroxyl groups excluding tert-OH is 1. The van der Waals surface area contributed by atoms with Gasteiger partial charge in [-0.1, -0.05) is 5.92 Å². The topological polar surface area (TPSA) is 20.2 Å². The van der Waals surface area contributed by atoms with Crippen LogP contribution in [0.1, 0.15) is 6.92 Å². The van der Waals surface area contributed by atoms with Gasteiger partial charge in [0.2, 0.25) is 0 Å². The molecule has 0 aliphatic heterocycles. The van der Waals surface area contributed by atoms with Gasteiger partial charge in [-0.2, -0.15) is 8.78 Å². The number of hydrogen-bond acceptors (Lipinski definition) is 1. The minimum absolute atomic E-state index is 1.01. The van der Waals surface area contributed by atoms with Crippen molar-refractivity contribution in [3.8, 4) is 11.8 Å². The van der Waals surface area contributed by atoms with Crippen molar-refractivity contribution in [3.05, 3.63) is 0 Å². The van der Waals surface area contributed by atoms with Crippen LogP contribution in [0, 0.1) is 11.8 Å². The van der Waals surface area contributed by atoms with Crippen molar-refractivity contribution in [3.63, 3.8) is 0 Å². The van der Waals surface area contributed by atoms with Crippen LogP contribution in [0.25, 0.3) is 0 Å². The Morgan fingerprint density at radius 3 is 2.22 bits per heavy atom. The third kappa shape index (κ3) is 7.86. The van der Waals surface area contributed by atoms with Gasteiger partial charge < -0.3 is 5.11 Å². The Bertz CT molecular complexity index is 139. The van der Waals surface area contributed by atoms with E-state index in [2.05, 4.69) is 0 Å². The van der Waals surface area contributed by atoms with E-state index in [-0.39, 0.29) is 0 Å². The second-order valence-corrected chi connectivity index (χ2v) is 2.44. The van der Waals surface area contributed by atoms with Gasteiger partial charge in [-0.3, -0.25) is 0 Å². The monoisotopic (exact) mass is 198 g/mol. The van der Waals surface area contributed by atoms with E-state index in [9.17, 15) is 8.78 Å². The maximum atomic E-state index is 11.7. The first kappa shape index (κ1) is 8.86. The molecule has 1 unspecified atom stereocenters. The molecule has 0 aromatic heterocycles. The zero-order valence-electron chi connectivity index (χ0n) is 4.66. The average molecular weight is 199 g/mol. The molecule has 9 heavy (non-hydrogen) atoms. The molecule has 0 aliphatic carbocycles. The lowest BCUT2D eigenvalue weighted by atomic mass is 10.4. The number of halogens is 3. The third-order valence-corrected chi connectivity index (χ3v) is 0.621. The summed E-state index contributed by atoms with van der Waals surface area (Å²) in [5.41, 5.74) is 0. The molecule has 0 spiro atoms. The smallest absolute Gasteiger partial charge is 0.363 e. The lowest BCUT2D eigenvalue weighted by Crippen LogP contribution is -2.02. The first-order valence-electron chi connectivity index (χ1n) is 2.19. The fraction of sp³-hybridized carbons (Fsp3) is 0.600. The van der Waals surface area contributed by atoms with E-state index >= 15 is 0 Å². The Labute approximate surface area is 60.2 Å². The highest BCUT2D eigenvalue weighted by molar-refractivity contribution is 9.10. The normalized spacial score (nSPS) is 13.9. The molecule has 1 N–H and O–H groups in total. The SMILES string of the molecule is CC(O)C#CC(F)(F)Br. The Kier molecular flexibility index (Phi) is 3.09. The van der Waals surface area contributed by atoms with Gasteiger partial charge in [0.1, 0.15) is 6.10 Å². The van der Waals surface area contributed by atoms with Crippen LogP contribution in [0.2, 0.25) is 0 Å². The maximum Gasteiger partial charge on any atom is 0.363 e. The van der Waals surface area contributed by atoms with Crippen LogP contribution in [0.5, 0.6) is 0 Å². The summed E-state index contributed by atoms with van der Waals surface area (Å²) in [6.45, 7) is 1.31. The van der Waals surface area contributed by atoms with Gasteiger partial charge >= 0.3 is 4.83 Å². The standard InChI is InChI=1S/C5H5BrF2O/c1-4(9)2-3-5(6,7)8/h4,9H,1H3. The second kappa shape index (κ2) is 3.14. The van der Waals surface area contributed by atoms with Gasteiger partial charge in [-0.05, 0) is 12.8 Å². The van der Waals surface area contributed by atoms with Gasteiger partial charge in [-0.25, -0.2) is 0 Å². The zero-order valence-corrected chi connectivity index (χ0v) is 6.24. The molecular weight excluding hydrogens is 194 g/mol. The first-order valence-corrected chi connectivity index (χ1v) is 2.98. The molecule has 0 fully saturated rings. The van der Waals surface area contributed by atoms with Crippen LogP contribution in [-0.4, -0.2) is 16.0 Å². The Balaban J connectivity index is 3.88. The molecule has 0 radical (unpaired) electrons. The molecule has 1 atom stereocenters. The average Bonchev–Trinajstić information content (AvgIpc) is 1.59. The lowest BCUT2D eigenvalue weighted by Gasteiger charge is -1.95. The fourth-order valence-electron chi connectivity index (χ4n) is 0.186. The van der Waals surface area contributed by atoms with Crippen molar-refractivity contribution in [2.45, 2.75) is 17.9 Å². The van der Waals surface area contributed by atoms with Crippen LogP contribution >= 0.6 is 15.9 Å². The largest absolute Gasteiger partial charge is 0.381 e. The van der Waals surface area contributed by atoms with Crippen LogP contribution in [-0.2, 0) is 0 Å². The fourth-order valence-corrected chi connectivity index (χ4v) is 0.301. The molecule has 0 rings (SSSR count). The quantitative estimate of drug-likeness (QED) is 0.461. The van der Waals surface area contributed by atoms with E-state index in [4.69, 9.17) is 5.11 Å². The van der Waals surface area contributed by atoms with Crippen molar-refractivity contribution >= 4 is 15.9 Å². The molecule has 0 amide bonds. The van der Waals surface area contributed by atoms with Gasteiger partial charge in [0.25, 0.3) is 0 Å². The van der Waals surface area contributed by atoms with Crippen molar-refractivity contribution in [2.75, 3.05) is 0 Å². The molecule has 0 bridgehead atoms. The Hall–Kier alpha value is -0.140. The van der Waals surface area contributed by atoms with Gasteiger partial charge in [0.05, 0.1) is 0 Å². The number of aliphatic hydroxyl groups is 1. The van der Waals surface area contributed by atoms with E-state index in [1.807, 2.05) is 21.9 Å². The maximum absolute atomic E-state index is 11.7. The van der Waals surface area contributed by atoms with Crippen LogP contribution in [0.15, 0.2) is 0 Å². The molecule has 0 saturated heterocycles. The van der Waals surface area contributed by atoms with E-state index < -0.39 is 10.9 Å². The Morgan fingerprint density at radius 1 is 1.67 bits per heavy atom. The van der Waals surface area contributed by atoms with Crippen LogP contribution in [0.3, 0.4) is 0 Å². The van der Waals surface area contributed by atoms with E-state index in [0.717, 1.165) is 0 Å². The predicted octanol–water partition coefficient (Wildman–Crippen LogP) is 1.36. The van der Waals surface area contributed by atoms with Crippen LogP contribution in [0.4, 0.5) is 8.78 Å². The summed E-state index contributed by atoms with van der Waals surface area (Å²) in [4.78, 5) is -3.18. The number of rotatable bonds is 0. The Morgan fingerprint density at radius 2 is 2.11 bits per heavy atom. The van der Waals surface area contributed by atoms with Crippen molar-refractivity contribution in [1.29, 1.82) is 0 Å². The molecule has 0 heterocycles. The van der Waals surface area contributed by atoms with Crippen molar-refractivity contribution < 1.29 is 13.9 Å². The van der Waals surface area contributed by atoms with Crippen molar-refractivity contribution in [2.24, 2.45) is 0 Å². The molecule has 1 nitrogen and oxygen atoms in total. The summed E-state index contributed by atoms with van der Waals surface area (Å²) in [6, 6.07) is 0. The predicted molar refractivity (Wildman–Crippen MR) is 33.3 cm³/mol. The van der Waals surface area contributed by atoms with Gasteiger partial charge in [-0.15, -0.1) is 0 Å². The van der Waals surface area contributed by atoms with Gasteiger partial charge in [0, 0.05) is 15.9 Å². The van der Waals surface area contributed by atoms with Gasteiger partial charge in [0.15, 0.2) is 0 Å². The highest BCUT2D eigenvalue weighted by Crippen LogP contribution is 2.19. The highest BCUT2D eigenvalue weighted by atomic mass is 79.9. The number of hydrogen-bond donors (Lipinski definition) is 1. The summed E-state index contributed by atoms with van der Waals surface area (Å²) in [5.74, 6) is 3.40. The molecule has 52 valence electrons. The molecular formula is C5H5BrF2O.